The quantitative estimate of drug-likeness (QED) is 0.283. The first-order chi connectivity index (χ1) is 10.4. The Labute approximate surface area is 126 Å². The molecule has 126 valence electrons. The molecule has 7 nitrogen and oxygen atoms in total. The summed E-state index contributed by atoms with van der Waals surface area (Å²) >= 11 is 0. The van der Waals surface area contributed by atoms with Crippen LogP contribution in [0, 0.1) is 0 Å². The fourth-order valence-corrected chi connectivity index (χ4v) is 1.31. The lowest BCUT2D eigenvalue weighted by Crippen LogP contribution is -2.13. The second-order valence-corrected chi connectivity index (χ2v) is 4.09. The summed E-state index contributed by atoms with van der Waals surface area (Å²) in [5, 5.41) is 8.47. The molecule has 21 heavy (non-hydrogen) atoms. The van der Waals surface area contributed by atoms with Crippen molar-refractivity contribution < 1.29 is 33.6 Å². The van der Waals surface area contributed by atoms with E-state index in [-0.39, 0.29) is 6.61 Å². The maximum atomic E-state index is 10.0. The first-order valence-corrected chi connectivity index (χ1v) is 7.35. The van der Waals surface area contributed by atoms with E-state index in [1.165, 1.54) is 0 Å². The molecule has 0 aliphatic rings. The van der Waals surface area contributed by atoms with E-state index in [2.05, 4.69) is 0 Å². The van der Waals surface area contributed by atoms with Crippen molar-refractivity contribution in [1.82, 2.24) is 0 Å². The molecule has 0 atom stereocenters. The lowest BCUT2D eigenvalue weighted by molar-refractivity contribution is -0.108. The van der Waals surface area contributed by atoms with Gasteiger partial charge in [0.1, 0.15) is 6.29 Å². The van der Waals surface area contributed by atoms with Crippen LogP contribution in [0.3, 0.4) is 0 Å². The lowest BCUT2D eigenvalue weighted by atomic mass is 10.3. The van der Waals surface area contributed by atoms with Crippen LogP contribution in [0.5, 0.6) is 0 Å². The van der Waals surface area contributed by atoms with Crippen LogP contribution < -0.4 is 0 Å². The molecule has 0 amide bonds. The van der Waals surface area contributed by atoms with Crippen LogP contribution in [0.2, 0.25) is 0 Å². The summed E-state index contributed by atoms with van der Waals surface area (Å²) in [6, 6.07) is 0. The maximum Gasteiger partial charge on any atom is 0.120 e. The second kappa shape index (κ2) is 19.4. The number of hydrogen-bond acceptors (Lipinski definition) is 7. The zero-order valence-electron chi connectivity index (χ0n) is 12.7. The molecule has 0 unspecified atom stereocenters. The van der Waals surface area contributed by atoms with Gasteiger partial charge in [0.2, 0.25) is 0 Å². The normalized spacial score (nSPS) is 10.9. The fraction of sp³-hybridized carbons (Fsp3) is 0.929. The number of unbranched alkanes of at least 4 members (excludes halogenated alkanes) is 1. The van der Waals surface area contributed by atoms with Crippen LogP contribution in [0.1, 0.15) is 12.8 Å². The Bertz CT molecular complexity index is 202. The Hall–Kier alpha value is -0.570. The van der Waals surface area contributed by atoms with Crippen molar-refractivity contribution in [2.24, 2.45) is 0 Å². The molecular weight excluding hydrogens is 280 g/mol. The zero-order valence-corrected chi connectivity index (χ0v) is 12.7. The van der Waals surface area contributed by atoms with E-state index in [1.54, 1.807) is 0 Å². The molecule has 0 spiro atoms. The lowest BCUT2D eigenvalue weighted by Gasteiger charge is -2.07. The van der Waals surface area contributed by atoms with Gasteiger partial charge < -0.3 is 33.6 Å². The van der Waals surface area contributed by atoms with Crippen LogP contribution >= 0.6 is 0 Å². The van der Waals surface area contributed by atoms with E-state index in [9.17, 15) is 4.79 Å². The third kappa shape index (κ3) is 19.4. The standard InChI is InChI=1S/C14H28O7/c15-3-1-2-5-17-7-9-19-11-13-21-14-12-20-10-8-18-6-4-16/h3,16H,1-2,4-14H2. The summed E-state index contributed by atoms with van der Waals surface area (Å²) in [6.45, 7) is 5.11. The van der Waals surface area contributed by atoms with Crippen LogP contribution in [0.15, 0.2) is 0 Å². The Balaban J connectivity index is 2.91. The minimum Gasteiger partial charge on any atom is -0.394 e. The minimum atomic E-state index is 0.0346. The smallest absolute Gasteiger partial charge is 0.120 e. The first kappa shape index (κ1) is 20.4. The molecule has 0 heterocycles. The summed E-state index contributed by atoms with van der Waals surface area (Å²) in [5.74, 6) is 0. The molecule has 0 aromatic rings. The highest BCUT2D eigenvalue weighted by molar-refractivity contribution is 5.48. The van der Waals surface area contributed by atoms with Crippen LogP contribution in [-0.4, -0.2) is 84.1 Å². The number of aliphatic hydroxyl groups excluding tert-OH is 1. The largest absolute Gasteiger partial charge is 0.394 e. The number of aliphatic hydroxyl groups is 1. The second-order valence-electron chi connectivity index (χ2n) is 4.09. The maximum absolute atomic E-state index is 10.0. The Kier molecular flexibility index (Phi) is 18.9. The van der Waals surface area contributed by atoms with Crippen molar-refractivity contribution in [3.05, 3.63) is 0 Å². The van der Waals surface area contributed by atoms with Gasteiger partial charge in [-0.25, -0.2) is 0 Å². The number of hydrogen-bond donors (Lipinski definition) is 1. The molecule has 1 N–H and O–H groups in total. The zero-order chi connectivity index (χ0) is 15.4. The van der Waals surface area contributed by atoms with Crippen molar-refractivity contribution >= 4 is 6.29 Å². The number of carbonyl (C=O) groups excluding carboxylic acids is 1. The predicted octanol–water partition coefficient (Wildman–Crippen LogP) is 0.0408. The third-order valence-electron chi connectivity index (χ3n) is 2.33. The SMILES string of the molecule is O=CCCCOCCOCCOCCOCCOCCO. The highest BCUT2D eigenvalue weighted by atomic mass is 16.6. The van der Waals surface area contributed by atoms with Gasteiger partial charge in [-0.15, -0.1) is 0 Å². The van der Waals surface area contributed by atoms with Crippen molar-refractivity contribution in [1.29, 1.82) is 0 Å². The van der Waals surface area contributed by atoms with Crippen molar-refractivity contribution in [3.63, 3.8) is 0 Å². The summed E-state index contributed by atoms with van der Waals surface area (Å²) in [7, 11) is 0. The average molecular weight is 308 g/mol. The highest BCUT2D eigenvalue weighted by Gasteiger charge is 1.93. The monoisotopic (exact) mass is 308 g/mol. The predicted molar refractivity (Wildman–Crippen MR) is 76.5 cm³/mol. The molecular formula is C14H28O7. The van der Waals surface area contributed by atoms with E-state index in [0.717, 1.165) is 12.7 Å². The van der Waals surface area contributed by atoms with E-state index in [4.69, 9.17) is 28.8 Å². The van der Waals surface area contributed by atoms with E-state index in [0.29, 0.717) is 72.5 Å². The molecule has 0 saturated carbocycles. The summed E-state index contributed by atoms with van der Waals surface area (Å²) in [4.78, 5) is 10.0. The Morgan fingerprint density at radius 2 is 1.00 bits per heavy atom. The Morgan fingerprint density at radius 3 is 1.38 bits per heavy atom. The van der Waals surface area contributed by atoms with Gasteiger partial charge in [-0.2, -0.15) is 0 Å². The molecule has 0 bridgehead atoms. The first-order valence-electron chi connectivity index (χ1n) is 7.35. The summed E-state index contributed by atoms with van der Waals surface area (Å²) in [5.41, 5.74) is 0. The topological polar surface area (TPSA) is 83.5 Å². The van der Waals surface area contributed by atoms with E-state index in [1.807, 2.05) is 0 Å². The van der Waals surface area contributed by atoms with Crippen molar-refractivity contribution in [2.75, 3.05) is 72.7 Å². The van der Waals surface area contributed by atoms with Crippen molar-refractivity contribution in [3.8, 4) is 0 Å². The molecule has 7 heteroatoms. The summed E-state index contributed by atoms with van der Waals surface area (Å²) < 4.78 is 26.2. The van der Waals surface area contributed by atoms with Gasteiger partial charge in [-0.1, -0.05) is 0 Å². The van der Waals surface area contributed by atoms with Gasteiger partial charge in [0.05, 0.1) is 66.1 Å². The van der Waals surface area contributed by atoms with Crippen LogP contribution in [0.25, 0.3) is 0 Å². The number of aldehydes is 1. The molecule has 0 aromatic carbocycles. The highest BCUT2D eigenvalue weighted by Crippen LogP contribution is 1.87. The molecule has 0 aliphatic heterocycles. The molecule has 0 aromatic heterocycles. The van der Waals surface area contributed by atoms with Gasteiger partial charge in [-0.05, 0) is 6.42 Å². The van der Waals surface area contributed by atoms with Gasteiger partial charge >= 0.3 is 0 Å². The molecule has 0 saturated heterocycles. The number of rotatable bonds is 18. The van der Waals surface area contributed by atoms with Gasteiger partial charge in [0.15, 0.2) is 0 Å². The van der Waals surface area contributed by atoms with Crippen LogP contribution in [-0.2, 0) is 28.5 Å². The number of carbonyl (C=O) groups is 1. The van der Waals surface area contributed by atoms with Gasteiger partial charge in [0, 0.05) is 13.0 Å². The Morgan fingerprint density at radius 1 is 0.619 bits per heavy atom. The third-order valence-corrected chi connectivity index (χ3v) is 2.33. The molecule has 0 radical (unpaired) electrons. The average Bonchev–Trinajstić information content (AvgIpc) is 2.50. The minimum absolute atomic E-state index is 0.0346. The number of ether oxygens (including phenoxy) is 5. The summed E-state index contributed by atoms with van der Waals surface area (Å²) in [6.07, 6.45) is 2.20. The van der Waals surface area contributed by atoms with E-state index >= 15 is 0 Å². The van der Waals surface area contributed by atoms with Gasteiger partial charge in [-0.3, -0.25) is 0 Å². The van der Waals surface area contributed by atoms with Gasteiger partial charge in [0.25, 0.3) is 0 Å². The molecule has 0 rings (SSSR count). The van der Waals surface area contributed by atoms with Crippen LogP contribution in [0.4, 0.5) is 0 Å². The van der Waals surface area contributed by atoms with Crippen molar-refractivity contribution in [2.45, 2.75) is 12.8 Å². The molecule has 0 fully saturated rings. The fourth-order valence-electron chi connectivity index (χ4n) is 1.31. The van der Waals surface area contributed by atoms with E-state index < -0.39 is 0 Å². The molecule has 0 aliphatic carbocycles.